The van der Waals surface area contributed by atoms with Gasteiger partial charge in [0.2, 0.25) is 0 Å². The van der Waals surface area contributed by atoms with Crippen LogP contribution >= 0.6 is 31.9 Å². The van der Waals surface area contributed by atoms with Crippen molar-refractivity contribution in [3.05, 3.63) is 32.8 Å². The van der Waals surface area contributed by atoms with Gasteiger partial charge in [0.15, 0.2) is 0 Å². The molecule has 1 aromatic heterocycles. The summed E-state index contributed by atoms with van der Waals surface area (Å²) in [4.78, 5) is 15.1. The van der Waals surface area contributed by atoms with Gasteiger partial charge >= 0.3 is 0 Å². The van der Waals surface area contributed by atoms with Crippen LogP contribution in [-0.2, 0) is 0 Å². The first-order chi connectivity index (χ1) is 8.63. The van der Waals surface area contributed by atoms with E-state index in [1.165, 1.54) is 0 Å². The van der Waals surface area contributed by atoms with Crippen molar-refractivity contribution in [1.82, 2.24) is 10.3 Å². The van der Waals surface area contributed by atoms with Gasteiger partial charge in [-0.3, -0.25) is 4.79 Å². The van der Waals surface area contributed by atoms with Crippen LogP contribution in [0.4, 0.5) is 0 Å². The first-order valence-corrected chi connectivity index (χ1v) is 7.46. The van der Waals surface area contributed by atoms with Gasteiger partial charge in [-0.1, -0.05) is 13.3 Å². The number of hydrogen-bond acceptors (Lipinski definition) is 1. The second-order valence-corrected chi connectivity index (χ2v) is 5.83. The smallest absolute Gasteiger partial charge is 0.253 e. The summed E-state index contributed by atoms with van der Waals surface area (Å²) in [5.41, 5.74) is 1.64. The van der Waals surface area contributed by atoms with Crippen LogP contribution in [-0.4, -0.2) is 17.4 Å². The van der Waals surface area contributed by atoms with Gasteiger partial charge in [-0.2, -0.15) is 0 Å². The average molecular weight is 374 g/mol. The Morgan fingerprint density at radius 3 is 2.78 bits per heavy atom. The molecule has 18 heavy (non-hydrogen) atoms. The van der Waals surface area contributed by atoms with Crippen molar-refractivity contribution in [2.24, 2.45) is 0 Å². The molecule has 1 amide bonds. The second-order valence-electron chi connectivity index (χ2n) is 4.12. The van der Waals surface area contributed by atoms with Gasteiger partial charge < -0.3 is 10.3 Å². The minimum Gasteiger partial charge on any atom is -0.360 e. The molecule has 3 nitrogen and oxygen atoms in total. The predicted molar refractivity (Wildman–Crippen MR) is 80.9 cm³/mol. The van der Waals surface area contributed by atoms with E-state index in [1.807, 2.05) is 12.1 Å². The second kappa shape index (κ2) is 5.89. The molecule has 0 aliphatic heterocycles. The summed E-state index contributed by atoms with van der Waals surface area (Å²) in [6.45, 7) is 2.83. The van der Waals surface area contributed by atoms with Crippen molar-refractivity contribution in [3.63, 3.8) is 0 Å². The van der Waals surface area contributed by atoms with Crippen LogP contribution < -0.4 is 5.32 Å². The summed E-state index contributed by atoms with van der Waals surface area (Å²) >= 11 is 6.90. The van der Waals surface area contributed by atoms with Crippen molar-refractivity contribution < 1.29 is 4.79 Å². The molecule has 0 spiro atoms. The molecular weight excluding hydrogens is 360 g/mol. The van der Waals surface area contributed by atoms with E-state index in [0.717, 1.165) is 39.2 Å². The molecule has 0 radical (unpaired) electrons. The Hall–Kier alpha value is -0.810. The molecule has 5 heteroatoms. The molecule has 1 aromatic carbocycles. The fourth-order valence-electron chi connectivity index (χ4n) is 1.78. The van der Waals surface area contributed by atoms with Crippen molar-refractivity contribution in [3.8, 4) is 0 Å². The highest BCUT2D eigenvalue weighted by atomic mass is 79.9. The largest absolute Gasteiger partial charge is 0.360 e. The topological polar surface area (TPSA) is 44.9 Å². The van der Waals surface area contributed by atoms with E-state index in [9.17, 15) is 4.79 Å². The van der Waals surface area contributed by atoms with E-state index in [2.05, 4.69) is 49.1 Å². The molecule has 96 valence electrons. The number of benzene rings is 1. The van der Waals surface area contributed by atoms with Crippen molar-refractivity contribution in [1.29, 1.82) is 0 Å². The molecule has 0 saturated heterocycles. The van der Waals surface area contributed by atoms with E-state index in [0.29, 0.717) is 5.56 Å². The van der Waals surface area contributed by atoms with Gasteiger partial charge in [0.05, 0.1) is 5.56 Å². The first-order valence-electron chi connectivity index (χ1n) is 5.87. The molecule has 0 saturated carbocycles. The fraction of sp³-hybridized carbons (Fsp3) is 0.308. The van der Waals surface area contributed by atoms with Gasteiger partial charge in [0.25, 0.3) is 5.91 Å². The number of rotatable bonds is 4. The standard InChI is InChI=1S/C13H14Br2N2O/c1-2-3-4-16-13(18)9-7-17-12-6-11(15)10(14)5-8(9)12/h5-7,17H,2-4H2,1H3,(H,16,18). The Morgan fingerprint density at radius 2 is 2.06 bits per heavy atom. The van der Waals surface area contributed by atoms with E-state index < -0.39 is 0 Å². The number of amides is 1. The molecule has 0 fully saturated rings. The molecule has 2 aromatic rings. The molecule has 0 bridgehead atoms. The number of halogens is 2. The van der Waals surface area contributed by atoms with Crippen LogP contribution in [0.15, 0.2) is 27.3 Å². The maximum Gasteiger partial charge on any atom is 0.253 e. The van der Waals surface area contributed by atoms with E-state index in [1.54, 1.807) is 6.20 Å². The Labute approximate surface area is 123 Å². The van der Waals surface area contributed by atoms with E-state index in [4.69, 9.17) is 0 Å². The third-order valence-corrected chi connectivity index (χ3v) is 4.63. The highest BCUT2D eigenvalue weighted by Gasteiger charge is 2.12. The van der Waals surface area contributed by atoms with E-state index in [-0.39, 0.29) is 5.91 Å². The zero-order valence-corrected chi connectivity index (χ0v) is 13.2. The molecule has 1 heterocycles. The summed E-state index contributed by atoms with van der Waals surface area (Å²) in [5, 5.41) is 3.86. The zero-order valence-electron chi connectivity index (χ0n) is 10.0. The summed E-state index contributed by atoms with van der Waals surface area (Å²) in [7, 11) is 0. The minimum atomic E-state index is -0.0241. The van der Waals surface area contributed by atoms with Crippen LogP contribution in [0.25, 0.3) is 10.9 Å². The number of unbranched alkanes of at least 4 members (excludes halogenated alkanes) is 1. The Balaban J connectivity index is 2.28. The third-order valence-electron chi connectivity index (χ3n) is 2.78. The summed E-state index contributed by atoms with van der Waals surface area (Å²) in [6, 6.07) is 3.91. The fourth-order valence-corrected chi connectivity index (χ4v) is 2.47. The molecular formula is C13H14Br2N2O. The number of aromatic nitrogens is 1. The van der Waals surface area contributed by atoms with E-state index >= 15 is 0 Å². The summed E-state index contributed by atoms with van der Waals surface area (Å²) in [6.07, 6.45) is 3.83. The molecule has 0 aliphatic carbocycles. The average Bonchev–Trinajstić information content (AvgIpc) is 2.73. The van der Waals surface area contributed by atoms with Crippen molar-refractivity contribution in [2.45, 2.75) is 19.8 Å². The highest BCUT2D eigenvalue weighted by Crippen LogP contribution is 2.29. The third kappa shape index (κ3) is 2.78. The maximum absolute atomic E-state index is 12.0. The lowest BCUT2D eigenvalue weighted by atomic mass is 10.1. The highest BCUT2D eigenvalue weighted by molar-refractivity contribution is 9.13. The van der Waals surface area contributed by atoms with Crippen molar-refractivity contribution >= 4 is 48.7 Å². The summed E-state index contributed by atoms with van der Waals surface area (Å²) in [5.74, 6) is -0.0241. The Kier molecular flexibility index (Phi) is 4.45. The number of hydrogen-bond donors (Lipinski definition) is 2. The van der Waals surface area contributed by atoms with Gasteiger partial charge in [0.1, 0.15) is 0 Å². The zero-order chi connectivity index (χ0) is 13.1. The number of fused-ring (bicyclic) bond motifs is 1. The van der Waals surface area contributed by atoms with Gasteiger partial charge in [0, 0.05) is 32.6 Å². The van der Waals surface area contributed by atoms with Gasteiger partial charge in [-0.05, 0) is 50.4 Å². The van der Waals surface area contributed by atoms with Crippen LogP contribution in [0.5, 0.6) is 0 Å². The lowest BCUT2D eigenvalue weighted by Gasteiger charge is -2.03. The number of aromatic amines is 1. The van der Waals surface area contributed by atoms with Crippen LogP contribution in [0.2, 0.25) is 0 Å². The Bertz CT molecular complexity index is 578. The molecule has 2 N–H and O–H groups in total. The number of carbonyl (C=O) groups is 1. The monoisotopic (exact) mass is 372 g/mol. The Morgan fingerprint density at radius 1 is 1.33 bits per heavy atom. The van der Waals surface area contributed by atoms with Gasteiger partial charge in [-0.15, -0.1) is 0 Å². The number of carbonyl (C=O) groups excluding carboxylic acids is 1. The molecule has 0 aliphatic rings. The molecule has 0 unspecified atom stereocenters. The first kappa shape index (κ1) is 13.6. The predicted octanol–water partition coefficient (Wildman–Crippen LogP) is 4.22. The van der Waals surface area contributed by atoms with Crippen LogP contribution in [0.1, 0.15) is 30.1 Å². The SMILES string of the molecule is CCCCNC(=O)c1c[nH]c2cc(Br)c(Br)cc12. The number of nitrogens with one attached hydrogen (secondary N) is 2. The van der Waals surface area contributed by atoms with Crippen molar-refractivity contribution in [2.75, 3.05) is 6.54 Å². The van der Waals surface area contributed by atoms with Gasteiger partial charge in [-0.25, -0.2) is 0 Å². The maximum atomic E-state index is 12.0. The molecule has 0 atom stereocenters. The quantitative estimate of drug-likeness (QED) is 0.774. The lowest BCUT2D eigenvalue weighted by Crippen LogP contribution is -2.24. The lowest BCUT2D eigenvalue weighted by molar-refractivity contribution is 0.0955. The molecule has 2 rings (SSSR count). The van der Waals surface area contributed by atoms with Crippen LogP contribution in [0.3, 0.4) is 0 Å². The normalized spacial score (nSPS) is 10.8. The minimum absolute atomic E-state index is 0.0241. The number of H-pyrrole nitrogens is 1. The van der Waals surface area contributed by atoms with Crippen LogP contribution in [0, 0.1) is 0 Å². The summed E-state index contributed by atoms with van der Waals surface area (Å²) < 4.78 is 1.91.